The molecule has 1 fully saturated rings. The molecule has 1 saturated heterocycles. The number of rotatable bonds is 5. The van der Waals surface area contributed by atoms with E-state index in [1.807, 2.05) is 45.0 Å². The minimum Gasteiger partial charge on any atom is -0.384 e. The predicted octanol–water partition coefficient (Wildman–Crippen LogP) is 7.76. The largest absolute Gasteiger partial charge is 0.384 e. The SMILES string of the molecule is CC1=NOC(N2C(=O)C=CC2=O)C1.CC1=NOC(N2C(=O)C=NC2=O)C1.CC1=NOC(N2C(=O)CCC2=O)C1.CC1=NOC(N2C(=O)Cc3ccccc32)C1.CC1=NOC(N2C(=O)c3ccccc3C2=O)C1.CC1=NOC2(C1)C(=O)c1ccccc1C2=O.CC1=NO[C@]2(CCc3ccccc32)C1. The molecule has 12 heterocycles. The second-order valence-electron chi connectivity index (χ2n) is 25.7. The Bertz CT molecular complexity index is 4290. The molecule has 0 radical (unpaired) electrons. The number of amides is 10. The van der Waals surface area contributed by atoms with Crippen molar-refractivity contribution in [3.8, 4) is 0 Å². The number of likely N-dealkylation sites (tertiary alicyclic amines) is 1. The van der Waals surface area contributed by atoms with E-state index >= 15 is 0 Å². The maximum atomic E-state index is 12.2. The van der Waals surface area contributed by atoms with Gasteiger partial charge in [-0.1, -0.05) is 115 Å². The third-order valence-corrected chi connectivity index (χ3v) is 18.0. The fraction of sp³-hybridized carbons (Fsp3) is 0.366. The number of aryl methyl sites for hydroxylation is 1. The van der Waals surface area contributed by atoms with Gasteiger partial charge in [-0.2, -0.15) is 4.99 Å². The number of para-hydroxylation sites is 1. The average molecular weight is 1390 g/mol. The molecule has 4 aromatic carbocycles. The van der Waals surface area contributed by atoms with Crippen LogP contribution in [0.2, 0.25) is 0 Å². The average Bonchev–Trinajstić information content (AvgIpc) is 1.58. The number of aliphatic imine (C=N–C) groups is 1. The molecule has 102 heavy (non-hydrogen) atoms. The first-order chi connectivity index (χ1) is 48.9. The van der Waals surface area contributed by atoms with Crippen LogP contribution < -0.4 is 4.90 Å². The van der Waals surface area contributed by atoms with E-state index < -0.39 is 42.5 Å². The Morgan fingerprint density at radius 1 is 0.382 bits per heavy atom. The number of hydrogen-bond donors (Lipinski definition) is 0. The second kappa shape index (κ2) is 29.0. The standard InChI is InChI=1S/C12H10N2O3.C12H12N2O2.C12H9NO3.C12H13NO.C8H10N2O3.C8H8N2O3.C7H7N3O3/c1-7-6-10(17-13-7)14-11(15)8-4-2-3-5-9(8)12(14)16;1-8-6-12(16-13-8)14-10-5-3-2-4-9(10)7-11(14)15;1-7-6-12(16-13-7)10(14)8-4-2-3-5-9(8)11(12)15;1-9-8-12(14-13-9)7-6-10-4-2-3-5-11(10)12;2*1-5-4-8(13-9-5)10-6(11)2-3-7(10)12;1-4-2-6(13-9-4)10-5(11)3-8-7(10)12/h2-5,10H,6H2,1H3;2-5,12H,6-7H2,1H3;2-5H,6H2,1H3;2-5H,6-8H2,1H3;8H,2-4H2,1H3;2-3,8H,4H2,1H3;3,6H,2H2,1H3/t;;;12-;;;/m...1.../s1. The lowest BCUT2D eigenvalue weighted by Gasteiger charge is -2.22. The number of nitrogens with zero attached hydrogens (tertiary/aromatic N) is 13. The number of oxime groups is 7. The lowest BCUT2D eigenvalue weighted by Crippen LogP contribution is -2.41. The quantitative estimate of drug-likeness (QED) is 0.136. The van der Waals surface area contributed by atoms with E-state index in [-0.39, 0.29) is 71.2 Å². The summed E-state index contributed by atoms with van der Waals surface area (Å²) in [7, 11) is 0. The third kappa shape index (κ3) is 14.0. The van der Waals surface area contributed by atoms with Crippen molar-refractivity contribution in [2.45, 2.75) is 168 Å². The summed E-state index contributed by atoms with van der Waals surface area (Å²) in [5.74, 6) is -2.47. The summed E-state index contributed by atoms with van der Waals surface area (Å²) in [4.78, 5) is 173. The number of hydrogen-bond acceptors (Lipinski definition) is 25. The molecule has 31 nitrogen and oxygen atoms in total. The van der Waals surface area contributed by atoms with Crippen LogP contribution in [0.5, 0.6) is 0 Å². The highest BCUT2D eigenvalue weighted by Gasteiger charge is 2.58. The second-order valence-corrected chi connectivity index (χ2v) is 25.7. The topological polar surface area (TPSA) is 367 Å². The number of anilines is 1. The molecule has 2 aliphatic carbocycles. The van der Waals surface area contributed by atoms with Crippen LogP contribution >= 0.6 is 0 Å². The normalized spacial score (nSPS) is 25.0. The van der Waals surface area contributed by atoms with Crippen LogP contribution in [0.3, 0.4) is 0 Å². The number of benzene rings is 4. The lowest BCUT2D eigenvalue weighted by atomic mass is 9.91. The summed E-state index contributed by atoms with van der Waals surface area (Å²) < 4.78 is 0. The van der Waals surface area contributed by atoms with Gasteiger partial charge in [0.1, 0.15) is 0 Å². The summed E-state index contributed by atoms with van der Waals surface area (Å²) in [5, 5.41) is 26.5. The van der Waals surface area contributed by atoms with Crippen LogP contribution in [0.1, 0.15) is 171 Å². The number of Topliss-reactive ketones (excluding diaryl/α,β-unsaturated/α-hetero) is 2. The van der Waals surface area contributed by atoms with Crippen molar-refractivity contribution < 1.29 is 86.6 Å². The van der Waals surface area contributed by atoms with Crippen LogP contribution in [0.15, 0.2) is 150 Å². The minimum atomic E-state index is -1.40. The van der Waals surface area contributed by atoms with E-state index in [2.05, 4.69) is 65.3 Å². The van der Waals surface area contributed by atoms with Gasteiger partial charge in [0.25, 0.3) is 35.1 Å². The number of carbonyl (C=O) groups excluding carboxylic acids is 11. The van der Waals surface area contributed by atoms with Crippen LogP contribution in [-0.4, -0.2) is 167 Å². The van der Waals surface area contributed by atoms with Crippen molar-refractivity contribution in [2.75, 3.05) is 4.90 Å². The molecule has 12 aliphatic heterocycles. The van der Waals surface area contributed by atoms with Crippen LogP contribution in [0.25, 0.3) is 0 Å². The van der Waals surface area contributed by atoms with Gasteiger partial charge < -0.3 is 33.9 Å². The minimum absolute atomic E-state index is 0.0936. The Labute approximate surface area is 582 Å². The van der Waals surface area contributed by atoms with Crippen molar-refractivity contribution in [3.63, 3.8) is 0 Å². The van der Waals surface area contributed by atoms with E-state index in [4.69, 9.17) is 33.9 Å². The molecule has 31 heteroatoms. The third-order valence-electron chi connectivity index (χ3n) is 18.0. The van der Waals surface area contributed by atoms with Crippen molar-refractivity contribution in [1.29, 1.82) is 0 Å². The summed E-state index contributed by atoms with van der Waals surface area (Å²) in [5.41, 5.74) is 10.9. The van der Waals surface area contributed by atoms with Gasteiger partial charge in [0.2, 0.25) is 60.4 Å². The predicted molar refractivity (Wildman–Crippen MR) is 362 cm³/mol. The molecule has 10 amide bonds. The zero-order valence-electron chi connectivity index (χ0n) is 56.5. The van der Waals surface area contributed by atoms with E-state index in [1.54, 1.807) is 81.1 Å². The number of urea groups is 1. The van der Waals surface area contributed by atoms with Crippen molar-refractivity contribution in [2.24, 2.45) is 41.1 Å². The highest BCUT2D eigenvalue weighted by molar-refractivity contribution is 6.36. The highest BCUT2D eigenvalue weighted by atomic mass is 16.7. The molecule has 2 spiro atoms. The Morgan fingerprint density at radius 3 is 1.25 bits per heavy atom. The Morgan fingerprint density at radius 2 is 0.804 bits per heavy atom. The summed E-state index contributed by atoms with van der Waals surface area (Å²) >= 11 is 0. The molecule has 0 bridgehead atoms. The first-order valence-corrected chi connectivity index (χ1v) is 32.8. The first-order valence-electron chi connectivity index (χ1n) is 32.8. The highest BCUT2D eigenvalue weighted by Crippen LogP contribution is 2.46. The molecule has 6 atom stereocenters. The van der Waals surface area contributed by atoms with Crippen LogP contribution in [-0.2, 0) is 81.1 Å². The molecule has 0 aromatic heterocycles. The van der Waals surface area contributed by atoms with Gasteiger partial charge >= 0.3 is 6.03 Å². The number of ketones is 2. The number of fused-ring (bicyclic) bond motifs is 5. The smallest absolute Gasteiger partial charge is 0.353 e. The van der Waals surface area contributed by atoms with Gasteiger partial charge in [0, 0.05) is 86.6 Å². The Hall–Kier alpha value is -12.1. The van der Waals surface area contributed by atoms with Crippen LogP contribution in [0.4, 0.5) is 10.5 Å². The van der Waals surface area contributed by atoms with Gasteiger partial charge in [0.15, 0.2) is 5.60 Å². The van der Waals surface area contributed by atoms with E-state index in [0.717, 1.165) is 85.7 Å². The van der Waals surface area contributed by atoms with Crippen molar-refractivity contribution >= 4 is 117 Å². The van der Waals surface area contributed by atoms with Crippen LogP contribution in [0, 0.1) is 0 Å². The number of carbonyl (C=O) groups is 11. The van der Waals surface area contributed by atoms with Gasteiger partial charge in [-0.15, -0.1) is 0 Å². The molecule has 4 aromatic rings. The first kappa shape index (κ1) is 69.8. The van der Waals surface area contributed by atoms with Gasteiger partial charge in [-0.05, 0) is 90.6 Å². The van der Waals surface area contributed by atoms with E-state index in [1.165, 1.54) is 28.2 Å². The maximum Gasteiger partial charge on any atom is 0.353 e. The summed E-state index contributed by atoms with van der Waals surface area (Å²) in [6.45, 7) is 12.9. The molecule has 0 N–H and O–H groups in total. The van der Waals surface area contributed by atoms with E-state index in [9.17, 15) is 52.7 Å². The fourth-order valence-electron chi connectivity index (χ4n) is 13.2. The Kier molecular flexibility index (Phi) is 19.9. The van der Waals surface area contributed by atoms with Gasteiger partial charge in [0.05, 0.1) is 69.4 Å². The van der Waals surface area contributed by atoms with Crippen molar-refractivity contribution in [1.82, 2.24) is 19.6 Å². The maximum absolute atomic E-state index is 12.2. The lowest BCUT2D eigenvalue weighted by molar-refractivity contribution is -0.152. The zero-order chi connectivity index (χ0) is 72.3. The molecule has 526 valence electrons. The Balaban J connectivity index is 0.000000113. The number of imide groups is 4. The summed E-state index contributed by atoms with van der Waals surface area (Å²) in [6, 6.07) is 29.4. The van der Waals surface area contributed by atoms with Gasteiger partial charge in [-0.25, -0.2) is 24.4 Å². The molecule has 14 aliphatic rings. The molecular weight excluding hydrogens is 1320 g/mol. The summed E-state index contributed by atoms with van der Waals surface area (Å²) in [6.07, 6.45) is 8.14. The molecule has 0 saturated carbocycles. The monoisotopic (exact) mass is 1390 g/mol. The molecule has 18 rings (SSSR count). The van der Waals surface area contributed by atoms with E-state index in [0.29, 0.717) is 79.3 Å². The molecule has 5 unspecified atom stereocenters. The molecular formula is C71H69N13O18. The zero-order valence-corrected chi connectivity index (χ0v) is 56.5. The van der Waals surface area contributed by atoms with Crippen molar-refractivity contribution in [3.05, 3.63) is 148 Å². The fourth-order valence-corrected chi connectivity index (χ4v) is 13.2. The van der Waals surface area contributed by atoms with Gasteiger partial charge in [-0.3, -0.25) is 52.8 Å².